The summed E-state index contributed by atoms with van der Waals surface area (Å²) in [5, 5.41) is 9.11. The van der Waals surface area contributed by atoms with E-state index < -0.39 is 43.0 Å². The molecule has 20 aromatic rings. The van der Waals surface area contributed by atoms with Gasteiger partial charge in [0.2, 0.25) is 0 Å². The van der Waals surface area contributed by atoms with Crippen LogP contribution in [0.5, 0.6) is 0 Å². The van der Waals surface area contributed by atoms with E-state index in [4.69, 9.17) is 0 Å². The highest BCUT2D eigenvalue weighted by atomic mass is 15.2. The summed E-state index contributed by atoms with van der Waals surface area (Å²) in [6.45, 7) is 26.9. The summed E-state index contributed by atoms with van der Waals surface area (Å²) in [6.07, 6.45) is 0. The van der Waals surface area contributed by atoms with Gasteiger partial charge in [0, 0.05) is 87.7 Å². The van der Waals surface area contributed by atoms with Gasteiger partial charge in [-0.25, -0.2) is 0 Å². The molecule has 0 fully saturated rings. The van der Waals surface area contributed by atoms with Crippen molar-refractivity contribution >= 4 is 155 Å². The molecule has 0 atom stereocenters. The van der Waals surface area contributed by atoms with Crippen molar-refractivity contribution in [1.82, 2.24) is 13.4 Å². The maximum absolute atomic E-state index is 10.2. The molecule has 2 aliphatic heterocycles. The van der Waals surface area contributed by atoms with Crippen molar-refractivity contribution in [3.63, 3.8) is 0 Å². The number of para-hydroxylation sites is 8. The molecule has 0 spiro atoms. The minimum atomic E-state index is -0.507. The van der Waals surface area contributed by atoms with Crippen LogP contribution in [0.15, 0.2) is 303 Å². The maximum atomic E-state index is 10.2. The van der Waals surface area contributed by atoms with Crippen molar-refractivity contribution in [1.29, 1.82) is 0 Å². The topological polar surface area (TPSA) is 20.2 Å². The van der Waals surface area contributed by atoms with E-state index in [1.165, 1.54) is 22.3 Å². The largest absolute Gasteiger partial charge is 0.311 e. The smallest absolute Gasteiger partial charge is 0.252 e. The number of fused-ring (bicyclic) bond motifs is 19. The predicted molar refractivity (Wildman–Crippen MR) is 481 cm³/mol. The number of anilines is 6. The van der Waals surface area contributed by atoms with Gasteiger partial charge in [-0.1, -0.05) is 289 Å². The van der Waals surface area contributed by atoms with Crippen molar-refractivity contribution in [2.75, 3.05) is 9.80 Å². The maximum Gasteiger partial charge on any atom is 0.252 e. The fourth-order valence-corrected chi connectivity index (χ4v) is 19.0. The molecule has 6 heteroatoms. The van der Waals surface area contributed by atoms with Crippen LogP contribution in [0.4, 0.5) is 34.1 Å². The van der Waals surface area contributed by atoms with Gasteiger partial charge >= 0.3 is 0 Å². The Morgan fingerprint density at radius 3 is 0.946 bits per heavy atom. The summed E-state index contributed by atoms with van der Waals surface area (Å²) >= 11 is 0. The second-order valence-electron chi connectivity index (χ2n) is 35.5. The highest BCUT2D eigenvalue weighted by Crippen LogP contribution is 2.54. The zero-order valence-corrected chi connectivity index (χ0v) is 65.1. The van der Waals surface area contributed by atoms with Crippen molar-refractivity contribution in [3.05, 3.63) is 325 Å². The van der Waals surface area contributed by atoms with Crippen LogP contribution < -0.4 is 26.2 Å². The summed E-state index contributed by atoms with van der Waals surface area (Å²) < 4.78 is 84.8. The third-order valence-corrected chi connectivity index (χ3v) is 24.7. The normalized spacial score (nSPS) is 14.5. The van der Waals surface area contributed by atoms with Crippen LogP contribution in [0.1, 0.15) is 116 Å². The first-order valence-electron chi connectivity index (χ1n) is 43.3. The quantitative estimate of drug-likeness (QED) is 0.148. The molecule has 5 aromatic heterocycles. The fraction of sp³-hybridized carbons (Fsp3) is 0.151. The lowest BCUT2D eigenvalue weighted by Gasteiger charge is -2.45. The zero-order chi connectivity index (χ0) is 82.9. The van der Waals surface area contributed by atoms with E-state index in [0.29, 0.717) is 5.69 Å². The minimum Gasteiger partial charge on any atom is -0.311 e. The molecule has 7 heterocycles. The molecule has 112 heavy (non-hydrogen) atoms. The fourth-order valence-electron chi connectivity index (χ4n) is 19.0. The summed E-state index contributed by atoms with van der Waals surface area (Å²) in [7, 11) is 0. The molecule has 0 aliphatic carbocycles. The van der Waals surface area contributed by atoms with E-state index in [-0.39, 0.29) is 55.6 Å². The molecule has 0 saturated carbocycles. The van der Waals surface area contributed by atoms with E-state index in [1.54, 1.807) is 4.57 Å². The zero-order valence-electron chi connectivity index (χ0n) is 73.1. The van der Waals surface area contributed by atoms with E-state index in [9.17, 15) is 11.0 Å². The van der Waals surface area contributed by atoms with Crippen molar-refractivity contribution in [2.45, 2.75) is 105 Å². The van der Waals surface area contributed by atoms with Crippen LogP contribution >= 0.6 is 0 Å². The molecule has 2 aliphatic rings. The van der Waals surface area contributed by atoms with Crippen LogP contribution in [-0.4, -0.2) is 20.1 Å². The molecular weight excluding hydrogens is 1350 g/mol. The van der Waals surface area contributed by atoms with Gasteiger partial charge in [0.1, 0.15) is 0 Å². The number of hydrogen-bond donors (Lipinski definition) is 0. The van der Waals surface area contributed by atoms with Crippen LogP contribution in [0.3, 0.4) is 0 Å². The Bertz CT molecular complexity index is 7220. The molecule has 0 saturated heterocycles. The number of nitrogens with zero attached hydrogens (tertiary/aromatic N) is 5. The summed E-state index contributed by atoms with van der Waals surface area (Å²) in [5.74, 6) is 0. The standard InChI is InChI=1S/C106H86BN5/c1-103(2,3)69-49-65(50-70(59-69)104(4,5)6)63-45-47-86-96(57-63)109(88-37-21-13-29-74(88)67-53-82-78-33-17-25-41-92(78)111-93-42-26-18-34-79(93)83(54-67)101(82)111)98-61-73(108-90-39-23-15-31-76(90)77-32-16-24-40-91(77)108)62-99-100(98)107(86)87-48-46-64(66-51-71(105(7,8)9)60-72(52-66)106(10,11)12)58-97(87)110(99)89-38-22-14-30-75(89)68-55-84-80-35-19-27-43-94(80)112-95-44-28-20-36-81(95)85(56-68)102(84)112/h13-62H,1-12H3/i15D,16D,23D,24D,31D,32D,39D,40D. The predicted octanol–water partition coefficient (Wildman–Crippen LogP) is 27.0. The average molecular weight is 1450 g/mol. The Hall–Kier alpha value is -12.6. The minimum absolute atomic E-state index is 0.00110. The Morgan fingerprint density at radius 2 is 0.589 bits per heavy atom. The highest BCUT2D eigenvalue weighted by molar-refractivity contribution is 7.00. The lowest BCUT2D eigenvalue weighted by molar-refractivity contribution is 0.568. The van der Waals surface area contributed by atoms with Gasteiger partial charge < -0.3 is 23.2 Å². The number of hydrogen-bond acceptors (Lipinski definition) is 2. The number of rotatable bonds is 7. The second kappa shape index (κ2) is 23.5. The molecule has 0 bridgehead atoms. The van der Waals surface area contributed by atoms with Crippen molar-refractivity contribution < 1.29 is 11.0 Å². The lowest BCUT2D eigenvalue weighted by Crippen LogP contribution is -2.61. The third kappa shape index (κ3) is 9.70. The summed E-state index contributed by atoms with van der Waals surface area (Å²) in [5.41, 5.74) is 27.6. The van der Waals surface area contributed by atoms with Crippen LogP contribution in [0.25, 0.3) is 148 Å². The SMILES string of the molecule is [2H]c1c([2H])c([2H])c2c(c1[2H])c1c([2H])c([2H])c([2H])c([2H])c1n2-c1cc2c3c(c1)N(c1ccccc1-c1cc4c5ccccc5n5c6ccccc6c(c1)c45)c1cc(-c4cc(C(C)(C)C)cc(C(C)(C)C)c4)ccc1B3c1ccc(-c3cc(C(C)(C)C)cc(C(C)(C)C)c3)cc1N2c1ccccc1-c1cc2c3ccccc3n3c4ccccc4c(c1)c23. The number of aromatic nitrogens is 3. The van der Waals surface area contributed by atoms with Crippen LogP contribution in [0, 0.1) is 0 Å². The first-order valence-corrected chi connectivity index (χ1v) is 39.3. The number of benzene rings is 15. The molecule has 538 valence electrons. The Labute approximate surface area is 665 Å². The molecule has 22 rings (SSSR count). The molecule has 5 nitrogen and oxygen atoms in total. The Morgan fingerprint density at radius 1 is 0.259 bits per heavy atom. The molecule has 15 aromatic carbocycles. The molecule has 0 unspecified atom stereocenters. The molecule has 0 radical (unpaired) electrons. The Kier molecular flexibility index (Phi) is 12.2. The highest BCUT2D eigenvalue weighted by Gasteiger charge is 2.46. The second-order valence-corrected chi connectivity index (χ2v) is 35.5. The molecular formula is C106H86BN5. The summed E-state index contributed by atoms with van der Waals surface area (Å²) in [6, 6.07) is 91.0. The van der Waals surface area contributed by atoms with Gasteiger partial charge in [-0.05, 0) is 191 Å². The van der Waals surface area contributed by atoms with Gasteiger partial charge in [-0.15, -0.1) is 0 Å². The van der Waals surface area contributed by atoms with Gasteiger partial charge in [0.25, 0.3) is 6.71 Å². The van der Waals surface area contributed by atoms with E-state index in [2.05, 4.69) is 356 Å². The summed E-state index contributed by atoms with van der Waals surface area (Å²) in [4.78, 5) is 4.89. The first kappa shape index (κ1) is 58.3. The van der Waals surface area contributed by atoms with Gasteiger partial charge in [-0.2, -0.15) is 0 Å². The first-order chi connectivity index (χ1) is 57.4. The van der Waals surface area contributed by atoms with Gasteiger partial charge in [-0.3, -0.25) is 0 Å². The lowest BCUT2D eigenvalue weighted by atomic mass is 9.33. The average Bonchev–Trinajstić information content (AvgIpc) is 0.889. The molecule has 0 N–H and O–H groups in total. The van der Waals surface area contributed by atoms with Crippen molar-refractivity contribution in [3.8, 4) is 50.2 Å². The van der Waals surface area contributed by atoms with Crippen LogP contribution in [-0.2, 0) is 21.7 Å². The Balaban J connectivity index is 0.920. The monoisotopic (exact) mass is 1450 g/mol. The van der Waals surface area contributed by atoms with E-state index in [1.807, 2.05) is 0 Å². The van der Waals surface area contributed by atoms with Crippen molar-refractivity contribution in [2.24, 2.45) is 0 Å². The third-order valence-electron chi connectivity index (χ3n) is 24.7. The van der Waals surface area contributed by atoms with E-state index in [0.717, 1.165) is 171 Å². The van der Waals surface area contributed by atoms with Gasteiger partial charge in [0.15, 0.2) is 0 Å². The van der Waals surface area contributed by atoms with E-state index >= 15 is 0 Å². The van der Waals surface area contributed by atoms with Crippen LogP contribution in [0.2, 0.25) is 0 Å². The molecule has 0 amide bonds. The van der Waals surface area contributed by atoms with Gasteiger partial charge in [0.05, 0.1) is 72.2 Å².